The number of carbonyl (C=O) groups is 1. The minimum Gasteiger partial charge on any atom is -0.444 e. The van der Waals surface area contributed by atoms with Crippen molar-refractivity contribution in [3.05, 3.63) is 0 Å². The molecular weight excluding hydrogens is 310 g/mol. The lowest BCUT2D eigenvalue weighted by Crippen LogP contribution is -2.50. The minimum atomic E-state index is -0.598. The van der Waals surface area contributed by atoms with E-state index in [4.69, 9.17) is 9.47 Å². The van der Waals surface area contributed by atoms with Gasteiger partial charge in [0, 0.05) is 5.33 Å². The van der Waals surface area contributed by atoms with Crippen molar-refractivity contribution in [1.29, 1.82) is 0 Å². The molecule has 1 rings (SSSR count). The first-order valence-electron chi connectivity index (χ1n) is 6.79. The molecule has 1 heterocycles. The van der Waals surface area contributed by atoms with Crippen LogP contribution in [0, 0.1) is 5.92 Å². The van der Waals surface area contributed by atoms with E-state index in [1.807, 2.05) is 34.6 Å². The van der Waals surface area contributed by atoms with Gasteiger partial charge in [-0.15, -0.1) is 0 Å². The SMILES string of the molecule is C[C@@H](CBr)C[C@H]1COC(C)(C)N1C(=O)OC(C)(C)C. The van der Waals surface area contributed by atoms with Gasteiger partial charge in [0.2, 0.25) is 0 Å². The molecule has 4 nitrogen and oxygen atoms in total. The number of amides is 1. The van der Waals surface area contributed by atoms with Crippen LogP contribution in [0.2, 0.25) is 0 Å². The largest absolute Gasteiger partial charge is 0.444 e. The third-order valence-electron chi connectivity index (χ3n) is 3.10. The molecular formula is C14H26BrNO3. The Hall–Kier alpha value is -0.290. The Morgan fingerprint density at radius 1 is 1.53 bits per heavy atom. The Labute approximate surface area is 124 Å². The fourth-order valence-corrected chi connectivity index (χ4v) is 2.53. The van der Waals surface area contributed by atoms with E-state index in [1.165, 1.54) is 0 Å². The average Bonchev–Trinajstić information content (AvgIpc) is 2.51. The molecule has 0 aromatic carbocycles. The van der Waals surface area contributed by atoms with Gasteiger partial charge in [0.25, 0.3) is 0 Å². The van der Waals surface area contributed by atoms with E-state index < -0.39 is 11.3 Å². The standard InChI is InChI=1S/C14H26BrNO3/c1-10(8-15)7-11-9-18-14(5,6)16(11)12(17)19-13(2,3)4/h10-11H,7-9H2,1-6H3/t10-,11+/m1/s1. The summed E-state index contributed by atoms with van der Waals surface area (Å²) in [6.07, 6.45) is 0.621. The van der Waals surface area contributed by atoms with Gasteiger partial charge in [-0.1, -0.05) is 22.9 Å². The van der Waals surface area contributed by atoms with Crippen LogP contribution in [0.5, 0.6) is 0 Å². The number of carbonyl (C=O) groups excluding carboxylic acids is 1. The maximum absolute atomic E-state index is 12.4. The van der Waals surface area contributed by atoms with Crippen LogP contribution in [0.3, 0.4) is 0 Å². The summed E-state index contributed by atoms with van der Waals surface area (Å²) >= 11 is 3.48. The van der Waals surface area contributed by atoms with Crippen molar-refractivity contribution in [3.8, 4) is 0 Å². The van der Waals surface area contributed by atoms with Crippen LogP contribution in [-0.4, -0.2) is 40.3 Å². The molecule has 0 radical (unpaired) electrons. The lowest BCUT2D eigenvalue weighted by molar-refractivity contribution is -0.0629. The molecule has 0 aliphatic carbocycles. The molecule has 0 spiro atoms. The molecule has 1 saturated heterocycles. The monoisotopic (exact) mass is 335 g/mol. The van der Waals surface area contributed by atoms with Gasteiger partial charge in [0.05, 0.1) is 12.6 Å². The molecule has 2 atom stereocenters. The van der Waals surface area contributed by atoms with Crippen molar-refractivity contribution in [2.45, 2.75) is 65.3 Å². The summed E-state index contributed by atoms with van der Waals surface area (Å²) in [4.78, 5) is 14.1. The summed E-state index contributed by atoms with van der Waals surface area (Å²) in [5.74, 6) is 0.493. The number of ether oxygens (including phenoxy) is 2. The number of alkyl halides is 1. The van der Waals surface area contributed by atoms with Crippen molar-refractivity contribution in [1.82, 2.24) is 4.90 Å². The lowest BCUT2D eigenvalue weighted by Gasteiger charge is -2.35. The Morgan fingerprint density at radius 2 is 2.11 bits per heavy atom. The van der Waals surface area contributed by atoms with Gasteiger partial charge in [-0.25, -0.2) is 4.79 Å². The topological polar surface area (TPSA) is 38.8 Å². The molecule has 0 unspecified atom stereocenters. The Balaban J connectivity index is 2.81. The predicted octanol–water partition coefficient (Wildman–Crippen LogP) is 3.78. The molecule has 0 aromatic rings. The highest BCUT2D eigenvalue weighted by molar-refractivity contribution is 9.09. The molecule has 0 saturated carbocycles. The molecule has 19 heavy (non-hydrogen) atoms. The van der Waals surface area contributed by atoms with Crippen LogP contribution >= 0.6 is 15.9 Å². The Morgan fingerprint density at radius 3 is 2.58 bits per heavy atom. The Bertz CT molecular complexity index is 325. The van der Waals surface area contributed by atoms with Gasteiger partial charge >= 0.3 is 6.09 Å². The maximum Gasteiger partial charge on any atom is 0.412 e. The van der Waals surface area contributed by atoms with Crippen molar-refractivity contribution in [3.63, 3.8) is 0 Å². The maximum atomic E-state index is 12.4. The van der Waals surface area contributed by atoms with E-state index in [0.717, 1.165) is 11.8 Å². The van der Waals surface area contributed by atoms with Crippen LogP contribution in [0.1, 0.15) is 48.0 Å². The normalized spacial score (nSPS) is 24.4. The molecule has 5 heteroatoms. The van der Waals surface area contributed by atoms with Gasteiger partial charge in [-0.05, 0) is 47.0 Å². The van der Waals surface area contributed by atoms with Gasteiger partial charge in [-0.3, -0.25) is 4.90 Å². The van der Waals surface area contributed by atoms with Crippen LogP contribution < -0.4 is 0 Å². The summed E-state index contributed by atoms with van der Waals surface area (Å²) in [5, 5.41) is 0.923. The molecule has 1 fully saturated rings. The molecule has 0 bridgehead atoms. The number of nitrogens with zero attached hydrogens (tertiary/aromatic N) is 1. The van der Waals surface area contributed by atoms with Crippen molar-refractivity contribution >= 4 is 22.0 Å². The van der Waals surface area contributed by atoms with E-state index in [0.29, 0.717) is 12.5 Å². The van der Waals surface area contributed by atoms with Gasteiger partial charge in [-0.2, -0.15) is 0 Å². The Kier molecular flexibility index (Phi) is 5.29. The predicted molar refractivity (Wildman–Crippen MR) is 79.5 cm³/mol. The highest BCUT2D eigenvalue weighted by atomic mass is 79.9. The highest BCUT2D eigenvalue weighted by Gasteiger charge is 2.45. The third-order valence-corrected chi connectivity index (χ3v) is 4.21. The zero-order chi connectivity index (χ0) is 14.8. The second kappa shape index (κ2) is 6.00. The van der Waals surface area contributed by atoms with Crippen LogP contribution in [0.4, 0.5) is 4.79 Å². The van der Waals surface area contributed by atoms with Gasteiger partial charge in [0.15, 0.2) is 0 Å². The average molecular weight is 336 g/mol. The van der Waals surface area contributed by atoms with Crippen LogP contribution in [0.25, 0.3) is 0 Å². The molecule has 0 aromatic heterocycles. The van der Waals surface area contributed by atoms with E-state index in [1.54, 1.807) is 4.90 Å². The first-order valence-corrected chi connectivity index (χ1v) is 7.91. The van der Waals surface area contributed by atoms with Gasteiger partial charge in [0.1, 0.15) is 11.3 Å². The van der Waals surface area contributed by atoms with Crippen molar-refractivity contribution in [2.24, 2.45) is 5.92 Å². The first-order chi connectivity index (χ1) is 8.57. The van der Waals surface area contributed by atoms with E-state index in [2.05, 4.69) is 22.9 Å². The zero-order valence-corrected chi connectivity index (χ0v) is 14.4. The van der Waals surface area contributed by atoms with Crippen LogP contribution in [-0.2, 0) is 9.47 Å². The molecule has 112 valence electrons. The number of hydrogen-bond acceptors (Lipinski definition) is 3. The minimum absolute atomic E-state index is 0.0809. The fraction of sp³-hybridized carbons (Fsp3) is 0.929. The number of rotatable bonds is 3. The smallest absolute Gasteiger partial charge is 0.412 e. The summed E-state index contributed by atoms with van der Waals surface area (Å²) in [5.41, 5.74) is -1.08. The summed E-state index contributed by atoms with van der Waals surface area (Å²) < 4.78 is 11.3. The fourth-order valence-electron chi connectivity index (χ4n) is 2.26. The second-order valence-electron chi connectivity index (χ2n) is 6.76. The summed E-state index contributed by atoms with van der Waals surface area (Å²) in [6.45, 7) is 12.2. The van der Waals surface area contributed by atoms with Crippen molar-refractivity contribution in [2.75, 3.05) is 11.9 Å². The summed E-state index contributed by atoms with van der Waals surface area (Å²) in [6, 6.07) is 0.0809. The van der Waals surface area contributed by atoms with E-state index in [9.17, 15) is 4.79 Å². The second-order valence-corrected chi connectivity index (χ2v) is 7.40. The van der Waals surface area contributed by atoms with Crippen LogP contribution in [0.15, 0.2) is 0 Å². The van der Waals surface area contributed by atoms with Crippen molar-refractivity contribution < 1.29 is 14.3 Å². The molecule has 1 aliphatic heterocycles. The molecule has 1 aliphatic rings. The number of halogens is 1. The zero-order valence-electron chi connectivity index (χ0n) is 12.8. The molecule has 0 N–H and O–H groups in total. The highest BCUT2D eigenvalue weighted by Crippen LogP contribution is 2.32. The number of hydrogen-bond donors (Lipinski definition) is 0. The molecule has 1 amide bonds. The quantitative estimate of drug-likeness (QED) is 0.736. The first kappa shape index (κ1) is 16.8. The van der Waals surface area contributed by atoms with Gasteiger partial charge < -0.3 is 9.47 Å². The van der Waals surface area contributed by atoms with E-state index in [-0.39, 0.29) is 12.1 Å². The lowest BCUT2D eigenvalue weighted by atomic mass is 10.0. The van der Waals surface area contributed by atoms with E-state index >= 15 is 0 Å². The summed E-state index contributed by atoms with van der Waals surface area (Å²) in [7, 11) is 0. The third kappa shape index (κ3) is 4.63.